The van der Waals surface area contributed by atoms with Crippen molar-refractivity contribution in [2.75, 3.05) is 0 Å². The molecule has 2 nitrogen and oxygen atoms in total. The fourth-order valence-corrected chi connectivity index (χ4v) is 2.63. The van der Waals surface area contributed by atoms with Gasteiger partial charge in [0.15, 0.2) is 0 Å². The SMILES string of the molecule is CCCC(O)(/C=C/C(O)(CCC)CCC)CCC. The quantitative estimate of drug-likeness (QED) is 0.575. The Hall–Kier alpha value is -0.340. The van der Waals surface area contributed by atoms with Crippen LogP contribution in [0.15, 0.2) is 12.2 Å². The number of rotatable bonds is 10. The highest BCUT2D eigenvalue weighted by Crippen LogP contribution is 2.26. The van der Waals surface area contributed by atoms with Crippen LogP contribution >= 0.6 is 0 Å². The molecule has 0 aliphatic carbocycles. The zero-order chi connectivity index (χ0) is 14.1. The third-order valence-corrected chi connectivity index (χ3v) is 3.44. The Bertz CT molecular complexity index is 197. The number of hydrogen-bond acceptors (Lipinski definition) is 2. The summed E-state index contributed by atoms with van der Waals surface area (Å²) in [6, 6.07) is 0. The summed E-state index contributed by atoms with van der Waals surface area (Å²) in [5, 5.41) is 21.0. The Morgan fingerprint density at radius 2 is 0.833 bits per heavy atom. The monoisotopic (exact) mass is 256 g/mol. The molecule has 0 unspecified atom stereocenters. The Morgan fingerprint density at radius 3 is 1.00 bits per heavy atom. The van der Waals surface area contributed by atoms with Crippen molar-refractivity contribution in [2.24, 2.45) is 0 Å². The molecule has 0 heterocycles. The van der Waals surface area contributed by atoms with Gasteiger partial charge in [-0.1, -0.05) is 65.5 Å². The molecule has 0 fully saturated rings. The lowest BCUT2D eigenvalue weighted by Gasteiger charge is -2.28. The smallest absolute Gasteiger partial charge is 0.0828 e. The van der Waals surface area contributed by atoms with E-state index in [1.165, 1.54) is 0 Å². The maximum absolute atomic E-state index is 10.5. The minimum Gasteiger partial charge on any atom is -0.386 e. The fourth-order valence-electron chi connectivity index (χ4n) is 2.63. The molecule has 108 valence electrons. The molecule has 0 saturated carbocycles. The third-order valence-electron chi connectivity index (χ3n) is 3.44. The van der Waals surface area contributed by atoms with Crippen LogP contribution in [0.25, 0.3) is 0 Å². The van der Waals surface area contributed by atoms with E-state index in [2.05, 4.69) is 27.7 Å². The molecule has 0 bridgehead atoms. The number of hydrogen-bond donors (Lipinski definition) is 2. The molecule has 0 spiro atoms. The molecule has 0 aromatic rings. The van der Waals surface area contributed by atoms with Gasteiger partial charge in [-0.15, -0.1) is 0 Å². The summed E-state index contributed by atoms with van der Waals surface area (Å²) in [6.45, 7) is 8.33. The highest BCUT2D eigenvalue weighted by molar-refractivity contribution is 5.08. The summed E-state index contributed by atoms with van der Waals surface area (Å²) >= 11 is 0. The van der Waals surface area contributed by atoms with E-state index < -0.39 is 11.2 Å². The summed E-state index contributed by atoms with van der Waals surface area (Å²) in [4.78, 5) is 0. The highest BCUT2D eigenvalue weighted by atomic mass is 16.3. The van der Waals surface area contributed by atoms with Gasteiger partial charge in [-0.3, -0.25) is 0 Å². The molecule has 0 aromatic heterocycles. The van der Waals surface area contributed by atoms with Crippen LogP contribution in [0.4, 0.5) is 0 Å². The topological polar surface area (TPSA) is 40.5 Å². The first kappa shape index (κ1) is 17.7. The normalized spacial score (nSPS) is 13.4. The molecule has 0 amide bonds. The van der Waals surface area contributed by atoms with Crippen LogP contribution in [0.2, 0.25) is 0 Å². The molecule has 0 aliphatic heterocycles. The van der Waals surface area contributed by atoms with E-state index in [0.29, 0.717) is 0 Å². The second kappa shape index (κ2) is 8.71. The summed E-state index contributed by atoms with van der Waals surface area (Å²) in [5.74, 6) is 0. The van der Waals surface area contributed by atoms with Crippen LogP contribution in [0.3, 0.4) is 0 Å². The molecule has 0 aliphatic rings. The van der Waals surface area contributed by atoms with Gasteiger partial charge in [0.25, 0.3) is 0 Å². The van der Waals surface area contributed by atoms with Crippen LogP contribution in [0, 0.1) is 0 Å². The predicted molar refractivity (Wildman–Crippen MR) is 78.7 cm³/mol. The van der Waals surface area contributed by atoms with Crippen LogP contribution in [0.5, 0.6) is 0 Å². The minimum atomic E-state index is -0.737. The predicted octanol–water partition coefficient (Wildman–Crippen LogP) is 4.21. The molecule has 0 radical (unpaired) electrons. The summed E-state index contributed by atoms with van der Waals surface area (Å²) in [7, 11) is 0. The maximum atomic E-state index is 10.5. The Kier molecular flexibility index (Phi) is 8.54. The molecule has 0 rings (SSSR count). The van der Waals surface area contributed by atoms with E-state index in [4.69, 9.17) is 0 Å². The van der Waals surface area contributed by atoms with Crippen LogP contribution < -0.4 is 0 Å². The molecular weight excluding hydrogens is 224 g/mol. The second-order valence-electron chi connectivity index (χ2n) is 5.54. The first-order chi connectivity index (χ1) is 8.45. The Labute approximate surface area is 113 Å². The van der Waals surface area contributed by atoms with Gasteiger partial charge in [-0.25, -0.2) is 0 Å². The van der Waals surface area contributed by atoms with Gasteiger partial charge in [0, 0.05) is 0 Å². The molecular formula is C16H32O2. The van der Waals surface area contributed by atoms with Gasteiger partial charge in [-0.05, 0) is 25.7 Å². The van der Waals surface area contributed by atoms with Crippen LogP contribution in [-0.4, -0.2) is 21.4 Å². The van der Waals surface area contributed by atoms with Gasteiger partial charge < -0.3 is 10.2 Å². The van der Waals surface area contributed by atoms with E-state index in [1.54, 1.807) is 0 Å². The van der Waals surface area contributed by atoms with Crippen LogP contribution in [-0.2, 0) is 0 Å². The summed E-state index contributed by atoms with van der Waals surface area (Å²) in [6.07, 6.45) is 10.6. The zero-order valence-corrected chi connectivity index (χ0v) is 12.7. The van der Waals surface area contributed by atoms with Gasteiger partial charge >= 0.3 is 0 Å². The van der Waals surface area contributed by atoms with Crippen molar-refractivity contribution in [1.29, 1.82) is 0 Å². The van der Waals surface area contributed by atoms with Crippen molar-refractivity contribution in [3.8, 4) is 0 Å². The second-order valence-corrected chi connectivity index (χ2v) is 5.54. The van der Waals surface area contributed by atoms with E-state index in [-0.39, 0.29) is 0 Å². The molecule has 0 aromatic carbocycles. The highest BCUT2D eigenvalue weighted by Gasteiger charge is 2.26. The lowest BCUT2D eigenvalue weighted by molar-refractivity contribution is 0.0529. The maximum Gasteiger partial charge on any atom is 0.0828 e. The van der Waals surface area contributed by atoms with Crippen LogP contribution in [0.1, 0.15) is 79.1 Å². The first-order valence-corrected chi connectivity index (χ1v) is 7.60. The first-order valence-electron chi connectivity index (χ1n) is 7.60. The zero-order valence-electron chi connectivity index (χ0n) is 12.7. The largest absolute Gasteiger partial charge is 0.386 e. The van der Waals surface area contributed by atoms with E-state index in [0.717, 1.165) is 51.4 Å². The number of aliphatic hydroxyl groups is 2. The Balaban J connectivity index is 4.79. The summed E-state index contributed by atoms with van der Waals surface area (Å²) in [5.41, 5.74) is -1.47. The Morgan fingerprint density at radius 1 is 0.611 bits per heavy atom. The molecule has 2 heteroatoms. The van der Waals surface area contributed by atoms with E-state index >= 15 is 0 Å². The van der Waals surface area contributed by atoms with Gasteiger partial charge in [0.2, 0.25) is 0 Å². The average Bonchev–Trinajstić information content (AvgIpc) is 2.28. The fraction of sp³-hybridized carbons (Fsp3) is 0.875. The molecule has 0 atom stereocenters. The van der Waals surface area contributed by atoms with Crippen molar-refractivity contribution in [3.63, 3.8) is 0 Å². The van der Waals surface area contributed by atoms with Gasteiger partial charge in [0.1, 0.15) is 0 Å². The van der Waals surface area contributed by atoms with Crippen molar-refractivity contribution in [1.82, 2.24) is 0 Å². The van der Waals surface area contributed by atoms with Crippen molar-refractivity contribution in [2.45, 2.75) is 90.3 Å². The lowest BCUT2D eigenvalue weighted by atomic mass is 9.87. The molecule has 18 heavy (non-hydrogen) atoms. The average molecular weight is 256 g/mol. The molecule has 2 N–H and O–H groups in total. The van der Waals surface area contributed by atoms with Gasteiger partial charge in [0.05, 0.1) is 11.2 Å². The van der Waals surface area contributed by atoms with E-state index in [1.807, 2.05) is 12.2 Å². The summed E-state index contributed by atoms with van der Waals surface area (Å²) < 4.78 is 0. The van der Waals surface area contributed by atoms with E-state index in [9.17, 15) is 10.2 Å². The van der Waals surface area contributed by atoms with Crippen molar-refractivity contribution in [3.05, 3.63) is 12.2 Å². The van der Waals surface area contributed by atoms with Crippen molar-refractivity contribution >= 4 is 0 Å². The van der Waals surface area contributed by atoms with Gasteiger partial charge in [-0.2, -0.15) is 0 Å². The lowest BCUT2D eigenvalue weighted by Crippen LogP contribution is -2.30. The standard InChI is InChI=1S/C16H32O2/c1-5-9-15(17,10-6-2)13-14-16(18,11-7-3)12-8-4/h13-14,17-18H,5-12H2,1-4H3/b14-13+. The third kappa shape index (κ3) is 6.55. The minimum absolute atomic E-state index is 0.737. The molecule has 0 saturated heterocycles. The van der Waals surface area contributed by atoms with Crippen molar-refractivity contribution < 1.29 is 10.2 Å².